The molecule has 0 saturated heterocycles. The highest BCUT2D eigenvalue weighted by atomic mass is 32.2. The fourth-order valence-electron chi connectivity index (χ4n) is 2.82. The zero-order valence-corrected chi connectivity index (χ0v) is 17.0. The standard InChI is InChI=1S/C20H23F3N2O3S/c1-3-15-10-12-16(13-11-15)25(29(2,27)28)14-6-9-19(26)24-18-8-5-4-7-17(18)20(21,22)23/h4-5,7-8,10-13H,3,6,9,14H2,1-2H3,(H,24,26). The number of carbonyl (C=O) groups excluding carboxylic acids is 1. The van der Waals surface area contributed by atoms with Crippen molar-refractivity contribution in [1.82, 2.24) is 0 Å². The largest absolute Gasteiger partial charge is 0.418 e. The molecule has 0 fully saturated rings. The first-order valence-corrected chi connectivity index (χ1v) is 10.9. The predicted molar refractivity (Wildman–Crippen MR) is 107 cm³/mol. The van der Waals surface area contributed by atoms with Crippen LogP contribution < -0.4 is 9.62 Å². The molecular weight excluding hydrogens is 405 g/mol. The molecule has 2 rings (SSSR count). The number of carbonyl (C=O) groups is 1. The summed E-state index contributed by atoms with van der Waals surface area (Å²) in [6, 6.07) is 11.8. The summed E-state index contributed by atoms with van der Waals surface area (Å²) < 4.78 is 64.4. The molecule has 0 radical (unpaired) electrons. The van der Waals surface area contributed by atoms with Gasteiger partial charge in [-0.2, -0.15) is 13.2 Å². The number of aryl methyl sites for hydroxylation is 1. The first kappa shape index (κ1) is 22.7. The summed E-state index contributed by atoms with van der Waals surface area (Å²) >= 11 is 0. The Bertz CT molecular complexity index is 942. The zero-order chi connectivity index (χ0) is 21.7. The number of hydrogen-bond donors (Lipinski definition) is 1. The van der Waals surface area contributed by atoms with Gasteiger partial charge in [0.05, 0.1) is 23.2 Å². The van der Waals surface area contributed by atoms with Crippen LogP contribution in [0, 0.1) is 0 Å². The summed E-state index contributed by atoms with van der Waals surface area (Å²) in [7, 11) is -3.57. The third-order valence-electron chi connectivity index (χ3n) is 4.30. The molecule has 0 aliphatic carbocycles. The lowest BCUT2D eigenvalue weighted by atomic mass is 10.1. The number of sulfonamides is 1. The average molecular weight is 428 g/mol. The molecule has 1 amide bonds. The Morgan fingerprint density at radius 2 is 1.69 bits per heavy atom. The van der Waals surface area contributed by atoms with Crippen molar-refractivity contribution in [3.63, 3.8) is 0 Å². The van der Waals surface area contributed by atoms with Gasteiger partial charge in [-0.15, -0.1) is 0 Å². The van der Waals surface area contributed by atoms with Crippen molar-refractivity contribution in [2.24, 2.45) is 0 Å². The monoisotopic (exact) mass is 428 g/mol. The van der Waals surface area contributed by atoms with Gasteiger partial charge in [-0.1, -0.05) is 31.2 Å². The number of hydrogen-bond acceptors (Lipinski definition) is 3. The number of nitrogens with zero attached hydrogens (tertiary/aromatic N) is 1. The summed E-state index contributed by atoms with van der Waals surface area (Å²) in [4.78, 5) is 12.1. The SMILES string of the molecule is CCc1ccc(N(CCCC(=O)Nc2ccccc2C(F)(F)F)S(C)(=O)=O)cc1. The van der Waals surface area contributed by atoms with Gasteiger partial charge in [0.1, 0.15) is 0 Å². The first-order valence-electron chi connectivity index (χ1n) is 9.05. The van der Waals surface area contributed by atoms with Gasteiger partial charge in [-0.3, -0.25) is 9.10 Å². The molecule has 0 aliphatic heterocycles. The predicted octanol–water partition coefficient (Wildman–Crippen LogP) is 4.45. The average Bonchev–Trinajstić information content (AvgIpc) is 2.64. The lowest BCUT2D eigenvalue weighted by Gasteiger charge is -2.22. The van der Waals surface area contributed by atoms with Crippen molar-refractivity contribution in [3.05, 3.63) is 59.7 Å². The molecule has 0 unspecified atom stereocenters. The van der Waals surface area contributed by atoms with Crippen molar-refractivity contribution in [3.8, 4) is 0 Å². The Morgan fingerprint density at radius 3 is 2.24 bits per heavy atom. The van der Waals surface area contributed by atoms with Crippen LogP contribution in [0.1, 0.15) is 30.9 Å². The number of para-hydroxylation sites is 1. The van der Waals surface area contributed by atoms with Crippen LogP contribution in [-0.2, 0) is 27.4 Å². The van der Waals surface area contributed by atoms with E-state index in [0.717, 1.165) is 24.3 Å². The number of amides is 1. The highest BCUT2D eigenvalue weighted by molar-refractivity contribution is 7.92. The molecular formula is C20H23F3N2O3S. The van der Waals surface area contributed by atoms with Crippen LogP contribution in [-0.4, -0.2) is 27.1 Å². The Hall–Kier alpha value is -2.55. The molecule has 0 aromatic heterocycles. The second kappa shape index (κ2) is 9.30. The zero-order valence-electron chi connectivity index (χ0n) is 16.2. The number of halogens is 3. The van der Waals surface area contributed by atoms with Crippen LogP contribution in [0.15, 0.2) is 48.5 Å². The van der Waals surface area contributed by atoms with Crippen molar-refractivity contribution in [1.29, 1.82) is 0 Å². The van der Waals surface area contributed by atoms with E-state index >= 15 is 0 Å². The summed E-state index contributed by atoms with van der Waals surface area (Å²) in [5, 5.41) is 2.26. The van der Waals surface area contributed by atoms with Gasteiger partial charge in [0.25, 0.3) is 0 Å². The molecule has 0 bridgehead atoms. The molecule has 0 saturated carbocycles. The van der Waals surface area contributed by atoms with Crippen LogP contribution in [0.3, 0.4) is 0 Å². The maximum Gasteiger partial charge on any atom is 0.418 e. The minimum atomic E-state index is -4.58. The van der Waals surface area contributed by atoms with E-state index in [4.69, 9.17) is 0 Å². The maximum absolute atomic E-state index is 13.0. The molecule has 9 heteroatoms. The highest BCUT2D eigenvalue weighted by Gasteiger charge is 2.33. The summed E-state index contributed by atoms with van der Waals surface area (Å²) in [5.74, 6) is -0.614. The third-order valence-corrected chi connectivity index (χ3v) is 5.50. The van der Waals surface area contributed by atoms with Crippen LogP contribution in [0.5, 0.6) is 0 Å². The molecule has 5 nitrogen and oxygen atoms in total. The van der Waals surface area contributed by atoms with Gasteiger partial charge in [-0.05, 0) is 42.7 Å². The quantitative estimate of drug-likeness (QED) is 0.675. The molecule has 2 aromatic rings. The molecule has 0 atom stereocenters. The summed E-state index contributed by atoms with van der Waals surface area (Å²) in [5.41, 5.74) is 0.291. The highest BCUT2D eigenvalue weighted by Crippen LogP contribution is 2.34. The van der Waals surface area contributed by atoms with Crippen LogP contribution >= 0.6 is 0 Å². The molecule has 0 spiro atoms. The van der Waals surface area contributed by atoms with Gasteiger partial charge in [0, 0.05) is 13.0 Å². The topological polar surface area (TPSA) is 66.5 Å². The van der Waals surface area contributed by atoms with Crippen molar-refractivity contribution >= 4 is 27.3 Å². The Morgan fingerprint density at radius 1 is 1.07 bits per heavy atom. The van der Waals surface area contributed by atoms with Crippen LogP contribution in [0.25, 0.3) is 0 Å². The molecule has 158 valence electrons. The fourth-order valence-corrected chi connectivity index (χ4v) is 3.78. The Balaban J connectivity index is 2.02. The van der Waals surface area contributed by atoms with Gasteiger partial charge in [0.2, 0.25) is 15.9 Å². The lowest BCUT2D eigenvalue weighted by molar-refractivity contribution is -0.137. The lowest BCUT2D eigenvalue weighted by Crippen LogP contribution is -2.31. The summed E-state index contributed by atoms with van der Waals surface area (Å²) in [6.07, 6.45) is -2.66. The molecule has 2 aromatic carbocycles. The third kappa shape index (κ3) is 6.49. The second-order valence-electron chi connectivity index (χ2n) is 6.55. The van der Waals surface area contributed by atoms with Crippen LogP contribution in [0.2, 0.25) is 0 Å². The Labute approximate surface area is 168 Å². The summed E-state index contributed by atoms with van der Waals surface area (Å²) in [6.45, 7) is 2.03. The van der Waals surface area contributed by atoms with E-state index in [1.807, 2.05) is 19.1 Å². The van der Waals surface area contributed by atoms with E-state index < -0.39 is 27.7 Å². The number of nitrogens with one attached hydrogen (secondary N) is 1. The van der Waals surface area contributed by atoms with Gasteiger partial charge in [-0.25, -0.2) is 8.42 Å². The van der Waals surface area contributed by atoms with Gasteiger partial charge in [0.15, 0.2) is 0 Å². The van der Waals surface area contributed by atoms with Crippen LogP contribution in [0.4, 0.5) is 24.5 Å². The van der Waals surface area contributed by atoms with E-state index in [1.165, 1.54) is 22.5 Å². The van der Waals surface area contributed by atoms with E-state index in [0.29, 0.717) is 5.69 Å². The van der Waals surface area contributed by atoms with Crippen molar-refractivity contribution < 1.29 is 26.4 Å². The minimum Gasteiger partial charge on any atom is -0.326 e. The number of anilines is 2. The molecule has 0 heterocycles. The van der Waals surface area contributed by atoms with Crippen molar-refractivity contribution in [2.75, 3.05) is 22.4 Å². The van der Waals surface area contributed by atoms with E-state index in [9.17, 15) is 26.4 Å². The smallest absolute Gasteiger partial charge is 0.326 e. The molecule has 0 aliphatic rings. The molecule has 29 heavy (non-hydrogen) atoms. The van der Waals surface area contributed by atoms with Gasteiger partial charge < -0.3 is 5.32 Å². The second-order valence-corrected chi connectivity index (χ2v) is 8.46. The first-order chi connectivity index (χ1) is 13.5. The Kier molecular flexibility index (Phi) is 7.29. The van der Waals surface area contributed by atoms with Gasteiger partial charge >= 0.3 is 6.18 Å². The maximum atomic E-state index is 13.0. The number of rotatable bonds is 8. The minimum absolute atomic E-state index is 0.0403. The van der Waals surface area contributed by atoms with E-state index in [-0.39, 0.29) is 25.1 Å². The normalized spacial score (nSPS) is 11.9. The number of alkyl halides is 3. The fraction of sp³-hybridized carbons (Fsp3) is 0.350. The van der Waals surface area contributed by atoms with E-state index in [2.05, 4.69) is 5.32 Å². The molecule has 1 N–H and O–H groups in total. The van der Waals surface area contributed by atoms with E-state index in [1.54, 1.807) is 12.1 Å². The number of benzene rings is 2. The van der Waals surface area contributed by atoms with Crippen molar-refractivity contribution in [2.45, 2.75) is 32.4 Å².